The van der Waals surface area contributed by atoms with Crippen LogP contribution in [0.5, 0.6) is 0 Å². The van der Waals surface area contributed by atoms with Gasteiger partial charge in [-0.15, -0.1) is 24.0 Å². The average molecular weight is 399 g/mol. The highest BCUT2D eigenvalue weighted by Crippen LogP contribution is 2.10. The van der Waals surface area contributed by atoms with Crippen LogP contribution in [-0.2, 0) is 14.2 Å². The Morgan fingerprint density at radius 2 is 1.80 bits per heavy atom. The first-order valence-corrected chi connectivity index (χ1v) is 7.18. The van der Waals surface area contributed by atoms with Crippen molar-refractivity contribution in [2.75, 3.05) is 52.7 Å². The van der Waals surface area contributed by atoms with Crippen molar-refractivity contribution in [3.05, 3.63) is 0 Å². The number of morpholine rings is 1. The molecule has 0 spiro atoms. The van der Waals surface area contributed by atoms with Crippen molar-refractivity contribution in [3.8, 4) is 0 Å². The summed E-state index contributed by atoms with van der Waals surface area (Å²) in [5.74, 6) is 0.634. The van der Waals surface area contributed by atoms with E-state index in [1.54, 1.807) is 0 Å². The summed E-state index contributed by atoms with van der Waals surface area (Å²) < 4.78 is 16.4. The maximum atomic E-state index is 5.94. The fourth-order valence-corrected chi connectivity index (χ4v) is 2.24. The summed E-state index contributed by atoms with van der Waals surface area (Å²) in [7, 11) is 0. The topological polar surface area (TPSA) is 69.3 Å². The van der Waals surface area contributed by atoms with Crippen molar-refractivity contribution >= 4 is 29.9 Å². The molecule has 2 N–H and O–H groups in total. The molecule has 7 heteroatoms. The number of hydrogen-bond donors (Lipinski definition) is 1. The first-order chi connectivity index (χ1) is 9.36. The number of rotatable bonds is 5. The van der Waals surface area contributed by atoms with Crippen molar-refractivity contribution in [3.63, 3.8) is 0 Å². The first-order valence-electron chi connectivity index (χ1n) is 7.18. The molecule has 2 fully saturated rings. The number of guanidine groups is 1. The smallest absolute Gasteiger partial charge is 0.191 e. The minimum Gasteiger partial charge on any atom is -0.381 e. The van der Waals surface area contributed by atoms with Crippen molar-refractivity contribution in [1.29, 1.82) is 0 Å². The zero-order valence-corrected chi connectivity index (χ0v) is 14.3. The van der Waals surface area contributed by atoms with E-state index in [4.69, 9.17) is 19.9 Å². The van der Waals surface area contributed by atoms with Crippen LogP contribution in [0, 0.1) is 0 Å². The number of hydrogen-bond acceptors (Lipinski definition) is 4. The van der Waals surface area contributed by atoms with Gasteiger partial charge in [0.2, 0.25) is 0 Å². The van der Waals surface area contributed by atoms with Gasteiger partial charge in [-0.2, -0.15) is 0 Å². The second-order valence-electron chi connectivity index (χ2n) is 4.88. The van der Waals surface area contributed by atoms with Crippen LogP contribution in [0.3, 0.4) is 0 Å². The lowest BCUT2D eigenvalue weighted by Gasteiger charge is -2.27. The van der Waals surface area contributed by atoms with Gasteiger partial charge in [0.15, 0.2) is 5.96 Å². The quantitative estimate of drug-likeness (QED) is 0.321. The molecule has 0 aromatic heterocycles. The van der Waals surface area contributed by atoms with E-state index >= 15 is 0 Å². The van der Waals surface area contributed by atoms with Crippen LogP contribution in [0.2, 0.25) is 0 Å². The molecular weight excluding hydrogens is 373 g/mol. The van der Waals surface area contributed by atoms with E-state index in [0.29, 0.717) is 12.1 Å². The molecule has 0 unspecified atom stereocenters. The van der Waals surface area contributed by atoms with Crippen LogP contribution in [0.1, 0.15) is 19.3 Å². The molecule has 0 aliphatic carbocycles. The van der Waals surface area contributed by atoms with E-state index in [1.807, 2.05) is 0 Å². The highest BCUT2D eigenvalue weighted by atomic mass is 127. The number of halogens is 1. The second-order valence-corrected chi connectivity index (χ2v) is 4.88. The molecular formula is C13H26IN3O3. The van der Waals surface area contributed by atoms with Crippen LogP contribution in [0.15, 0.2) is 4.99 Å². The van der Waals surface area contributed by atoms with E-state index in [9.17, 15) is 0 Å². The third-order valence-electron chi connectivity index (χ3n) is 3.43. The van der Waals surface area contributed by atoms with Gasteiger partial charge in [-0.05, 0) is 19.3 Å². The molecule has 2 aliphatic rings. The minimum atomic E-state index is 0. The molecule has 0 saturated carbocycles. The molecule has 118 valence electrons. The lowest BCUT2D eigenvalue weighted by molar-refractivity contribution is -0.0318. The largest absolute Gasteiger partial charge is 0.381 e. The molecule has 0 amide bonds. The maximum absolute atomic E-state index is 5.94. The Labute approximate surface area is 138 Å². The normalized spacial score (nSPS) is 21.6. The van der Waals surface area contributed by atoms with Crippen molar-refractivity contribution in [2.45, 2.75) is 25.4 Å². The van der Waals surface area contributed by atoms with E-state index in [0.717, 1.165) is 71.9 Å². The third kappa shape index (κ3) is 6.55. The van der Waals surface area contributed by atoms with Crippen LogP contribution in [0.4, 0.5) is 0 Å². The molecule has 0 aromatic carbocycles. The molecule has 0 atom stereocenters. The van der Waals surface area contributed by atoms with Crippen molar-refractivity contribution in [2.24, 2.45) is 10.7 Å². The predicted octanol–water partition coefficient (Wildman–Crippen LogP) is 0.837. The predicted molar refractivity (Wildman–Crippen MR) is 88.7 cm³/mol. The summed E-state index contributed by atoms with van der Waals surface area (Å²) in [6, 6.07) is 0. The fraction of sp³-hybridized carbons (Fsp3) is 0.923. The van der Waals surface area contributed by atoms with Gasteiger partial charge in [0.25, 0.3) is 0 Å². The summed E-state index contributed by atoms with van der Waals surface area (Å²) in [6.07, 6.45) is 3.31. The Morgan fingerprint density at radius 1 is 1.15 bits per heavy atom. The molecule has 2 aliphatic heterocycles. The minimum absolute atomic E-state index is 0. The molecule has 0 radical (unpaired) electrons. The molecule has 2 saturated heterocycles. The third-order valence-corrected chi connectivity index (χ3v) is 3.43. The first kappa shape index (κ1) is 17.9. The van der Waals surface area contributed by atoms with Crippen LogP contribution >= 0.6 is 24.0 Å². The summed E-state index contributed by atoms with van der Waals surface area (Å²) in [6.45, 7) is 6.30. The fourth-order valence-electron chi connectivity index (χ4n) is 2.24. The Balaban J connectivity index is 0.00000200. The van der Waals surface area contributed by atoms with E-state index in [2.05, 4.69) is 9.89 Å². The Hall–Kier alpha value is -0.120. The van der Waals surface area contributed by atoms with Gasteiger partial charge in [0.1, 0.15) is 0 Å². The molecule has 6 nitrogen and oxygen atoms in total. The number of aliphatic imine (C=N–C) groups is 1. The molecule has 2 rings (SSSR count). The highest BCUT2D eigenvalue weighted by molar-refractivity contribution is 14.0. The van der Waals surface area contributed by atoms with Gasteiger partial charge in [-0.25, -0.2) is 0 Å². The average Bonchev–Trinajstić information content (AvgIpc) is 2.49. The van der Waals surface area contributed by atoms with E-state index in [-0.39, 0.29) is 24.0 Å². The Kier molecular flexibility index (Phi) is 9.49. The molecule has 0 bridgehead atoms. The summed E-state index contributed by atoms with van der Waals surface area (Å²) in [5, 5.41) is 0. The summed E-state index contributed by atoms with van der Waals surface area (Å²) >= 11 is 0. The summed E-state index contributed by atoms with van der Waals surface area (Å²) in [5.41, 5.74) is 5.94. The van der Waals surface area contributed by atoms with Crippen molar-refractivity contribution in [1.82, 2.24) is 4.90 Å². The number of ether oxygens (including phenoxy) is 3. The van der Waals surface area contributed by atoms with Gasteiger partial charge in [-0.1, -0.05) is 0 Å². The zero-order valence-electron chi connectivity index (χ0n) is 12.0. The van der Waals surface area contributed by atoms with Crippen LogP contribution in [0.25, 0.3) is 0 Å². The summed E-state index contributed by atoms with van der Waals surface area (Å²) in [4.78, 5) is 6.46. The number of nitrogens with two attached hydrogens (primary N) is 1. The van der Waals surface area contributed by atoms with Crippen molar-refractivity contribution < 1.29 is 14.2 Å². The number of nitrogens with zero attached hydrogens (tertiary/aromatic N) is 2. The second kappa shape index (κ2) is 10.6. The monoisotopic (exact) mass is 399 g/mol. The van der Waals surface area contributed by atoms with Gasteiger partial charge >= 0.3 is 0 Å². The molecule has 0 aromatic rings. The van der Waals surface area contributed by atoms with Gasteiger partial charge < -0.3 is 24.8 Å². The van der Waals surface area contributed by atoms with E-state index in [1.165, 1.54) is 0 Å². The lowest BCUT2D eigenvalue weighted by atomic mass is 10.1. The van der Waals surface area contributed by atoms with Gasteiger partial charge in [0.05, 0.1) is 19.3 Å². The standard InChI is InChI=1S/C13H25N3O3.HI/c14-13(16-5-10-18-11-6-16)15-4-1-7-19-12-2-8-17-9-3-12;/h12H,1-11H2,(H2,14,15);1H. The highest BCUT2D eigenvalue weighted by Gasteiger charge is 2.14. The van der Waals surface area contributed by atoms with Crippen LogP contribution in [-0.4, -0.2) is 69.6 Å². The van der Waals surface area contributed by atoms with Gasteiger partial charge in [0, 0.05) is 39.5 Å². The maximum Gasteiger partial charge on any atom is 0.191 e. The molecule has 20 heavy (non-hydrogen) atoms. The molecule has 2 heterocycles. The Morgan fingerprint density at radius 3 is 2.50 bits per heavy atom. The van der Waals surface area contributed by atoms with E-state index < -0.39 is 0 Å². The Bertz CT molecular complexity index is 280. The zero-order chi connectivity index (χ0) is 13.3. The lowest BCUT2D eigenvalue weighted by Crippen LogP contribution is -2.44. The van der Waals surface area contributed by atoms with Crippen LogP contribution < -0.4 is 5.73 Å². The van der Waals surface area contributed by atoms with Gasteiger partial charge in [-0.3, -0.25) is 4.99 Å². The SMILES string of the molecule is I.NC(=NCCCOC1CCOCC1)N1CCOCC1.